The highest BCUT2D eigenvalue weighted by atomic mass is 16.1. The molecule has 0 radical (unpaired) electrons. The van der Waals surface area contributed by atoms with Crippen LogP contribution >= 0.6 is 0 Å². The lowest BCUT2D eigenvalue weighted by atomic mass is 10.0. The van der Waals surface area contributed by atoms with Crippen LogP contribution in [0.25, 0.3) is 10.9 Å². The molecule has 1 N–H and O–H groups in total. The van der Waals surface area contributed by atoms with Crippen LogP contribution in [0.2, 0.25) is 0 Å². The van der Waals surface area contributed by atoms with Gasteiger partial charge in [0, 0.05) is 54.9 Å². The van der Waals surface area contributed by atoms with E-state index in [4.69, 9.17) is 0 Å². The largest absolute Gasteiger partial charge is 0.322 e. The van der Waals surface area contributed by atoms with Crippen LogP contribution in [0.15, 0.2) is 66.9 Å². The number of aryl methyl sites for hydroxylation is 1. The lowest BCUT2D eigenvalue weighted by Crippen LogP contribution is -2.44. The molecule has 6 rings (SSSR count). The molecule has 2 fully saturated rings. The Hall–Kier alpha value is -4.05. The van der Waals surface area contributed by atoms with Crippen LogP contribution in [0.4, 0.5) is 5.69 Å². The zero-order valence-corrected chi connectivity index (χ0v) is 22.6. The molecule has 6 nitrogen and oxygen atoms in total. The molecule has 0 unspecified atom stereocenters. The van der Waals surface area contributed by atoms with Gasteiger partial charge >= 0.3 is 0 Å². The molecular formula is C33H33N5O. The van der Waals surface area contributed by atoms with E-state index < -0.39 is 0 Å². The van der Waals surface area contributed by atoms with E-state index in [0.717, 1.165) is 66.0 Å². The Morgan fingerprint density at radius 2 is 1.77 bits per heavy atom. The first-order chi connectivity index (χ1) is 19.0. The van der Waals surface area contributed by atoms with Gasteiger partial charge in [0.25, 0.3) is 5.91 Å². The molecule has 1 saturated heterocycles. The van der Waals surface area contributed by atoms with Gasteiger partial charge in [0.05, 0.1) is 17.3 Å². The number of benzene rings is 3. The second-order valence-electron chi connectivity index (χ2n) is 10.8. The van der Waals surface area contributed by atoms with Crippen molar-refractivity contribution in [2.24, 2.45) is 0 Å². The number of amides is 1. The Morgan fingerprint density at radius 3 is 2.59 bits per heavy atom. The Bertz CT molecular complexity index is 1580. The van der Waals surface area contributed by atoms with E-state index in [1.807, 2.05) is 55.5 Å². The average molecular weight is 516 g/mol. The van der Waals surface area contributed by atoms with Crippen LogP contribution in [0, 0.1) is 18.8 Å². The van der Waals surface area contributed by atoms with Gasteiger partial charge in [-0.15, -0.1) is 0 Å². The first-order valence-corrected chi connectivity index (χ1v) is 13.7. The molecule has 1 aliphatic carbocycles. The van der Waals surface area contributed by atoms with Gasteiger partial charge in [-0.05, 0) is 79.8 Å². The smallest absolute Gasteiger partial charge is 0.255 e. The summed E-state index contributed by atoms with van der Waals surface area (Å²) in [6.07, 6.45) is 4.15. The van der Waals surface area contributed by atoms with Crippen LogP contribution in [0.1, 0.15) is 56.9 Å². The van der Waals surface area contributed by atoms with E-state index in [1.54, 1.807) is 6.20 Å². The predicted molar refractivity (Wildman–Crippen MR) is 156 cm³/mol. The molecule has 0 bridgehead atoms. The molecule has 2 aliphatic rings. The summed E-state index contributed by atoms with van der Waals surface area (Å²) in [5.41, 5.74) is 7.71. The number of fused-ring (bicyclic) bond motifs is 1. The zero-order chi connectivity index (χ0) is 26.8. The molecule has 0 atom stereocenters. The first-order valence-electron chi connectivity index (χ1n) is 13.7. The van der Waals surface area contributed by atoms with Crippen molar-refractivity contribution in [1.29, 1.82) is 0 Å². The number of anilines is 1. The third-order valence-electron chi connectivity index (χ3n) is 7.79. The van der Waals surface area contributed by atoms with Crippen molar-refractivity contribution in [2.45, 2.75) is 32.2 Å². The monoisotopic (exact) mass is 515 g/mol. The second kappa shape index (κ2) is 11.0. The number of carbonyl (C=O) groups excluding carboxylic acids is 1. The topological polar surface area (TPSA) is 61.4 Å². The summed E-state index contributed by atoms with van der Waals surface area (Å²) in [5, 5.41) is 12.4. The fourth-order valence-corrected chi connectivity index (χ4v) is 5.18. The van der Waals surface area contributed by atoms with Gasteiger partial charge in [-0.2, -0.15) is 10.2 Å². The third-order valence-corrected chi connectivity index (χ3v) is 7.79. The van der Waals surface area contributed by atoms with Crippen molar-refractivity contribution >= 4 is 22.5 Å². The number of carbonyl (C=O) groups is 1. The highest BCUT2D eigenvalue weighted by molar-refractivity contribution is 6.04. The SMILES string of the molecule is Cc1ccc(C(=O)Nc2ccc(CN3CCN(C)CC3)c(C3CC3)c2)cc1C#Cc1cnnc2ccccc12. The van der Waals surface area contributed by atoms with E-state index >= 15 is 0 Å². The van der Waals surface area contributed by atoms with Crippen molar-refractivity contribution in [3.63, 3.8) is 0 Å². The molecule has 0 spiro atoms. The average Bonchev–Trinajstić information content (AvgIpc) is 3.80. The van der Waals surface area contributed by atoms with E-state index in [1.165, 1.54) is 24.0 Å². The third kappa shape index (κ3) is 5.85. The Balaban J connectivity index is 1.20. The normalized spacial score (nSPS) is 16.1. The highest BCUT2D eigenvalue weighted by Crippen LogP contribution is 2.43. The zero-order valence-electron chi connectivity index (χ0n) is 22.6. The molecule has 4 aromatic rings. The maximum atomic E-state index is 13.3. The summed E-state index contributed by atoms with van der Waals surface area (Å²) in [7, 11) is 2.19. The summed E-state index contributed by atoms with van der Waals surface area (Å²) >= 11 is 0. The van der Waals surface area contributed by atoms with Crippen molar-refractivity contribution in [3.05, 3.63) is 100 Å². The Morgan fingerprint density at radius 1 is 0.974 bits per heavy atom. The minimum atomic E-state index is -0.123. The van der Waals surface area contributed by atoms with Crippen molar-refractivity contribution in [1.82, 2.24) is 20.0 Å². The molecule has 6 heteroatoms. The number of rotatable bonds is 5. The van der Waals surface area contributed by atoms with Gasteiger partial charge in [-0.3, -0.25) is 9.69 Å². The molecule has 3 aromatic carbocycles. The lowest BCUT2D eigenvalue weighted by molar-refractivity contribution is 0.102. The van der Waals surface area contributed by atoms with Gasteiger partial charge in [-0.1, -0.05) is 42.2 Å². The molecule has 1 aromatic heterocycles. The number of hydrogen-bond acceptors (Lipinski definition) is 5. The first kappa shape index (κ1) is 25.2. The van der Waals surface area contributed by atoms with Crippen LogP contribution < -0.4 is 5.32 Å². The van der Waals surface area contributed by atoms with Crippen molar-refractivity contribution < 1.29 is 4.79 Å². The molecule has 196 valence electrons. The van der Waals surface area contributed by atoms with E-state index in [9.17, 15) is 4.79 Å². The quantitative estimate of drug-likeness (QED) is 0.370. The fourth-order valence-electron chi connectivity index (χ4n) is 5.18. The molecule has 1 aliphatic heterocycles. The number of likely N-dealkylation sites (N-methyl/N-ethyl adjacent to an activating group) is 1. The number of nitrogens with zero attached hydrogens (tertiary/aromatic N) is 4. The molecule has 1 saturated carbocycles. The van der Waals surface area contributed by atoms with Crippen molar-refractivity contribution in [3.8, 4) is 11.8 Å². The predicted octanol–water partition coefficient (Wildman–Crippen LogP) is 5.22. The van der Waals surface area contributed by atoms with Crippen LogP contribution in [0.5, 0.6) is 0 Å². The standard InChI is InChI=1S/C33H33N5O/c1-23-7-8-26(19-25(23)11-12-27-21-34-36-32-6-4-3-5-30(27)32)33(39)35-29-14-13-28(31(20-29)24-9-10-24)22-38-17-15-37(2)16-18-38/h3-8,13-14,19-21,24H,9-10,15-18,22H2,1-2H3,(H,35,39). The number of nitrogens with one attached hydrogen (secondary N) is 1. The van der Waals surface area contributed by atoms with Crippen LogP contribution in [0.3, 0.4) is 0 Å². The summed E-state index contributed by atoms with van der Waals surface area (Å²) in [6, 6.07) is 20.0. The molecular weight excluding hydrogens is 482 g/mol. The Kier molecular flexibility index (Phi) is 7.10. The lowest BCUT2D eigenvalue weighted by Gasteiger charge is -2.32. The maximum Gasteiger partial charge on any atom is 0.255 e. The summed E-state index contributed by atoms with van der Waals surface area (Å²) in [4.78, 5) is 18.2. The van der Waals surface area contributed by atoms with Gasteiger partial charge in [0.15, 0.2) is 0 Å². The van der Waals surface area contributed by atoms with E-state index in [0.29, 0.717) is 11.5 Å². The van der Waals surface area contributed by atoms with E-state index in [-0.39, 0.29) is 5.91 Å². The summed E-state index contributed by atoms with van der Waals surface area (Å²) < 4.78 is 0. The van der Waals surface area contributed by atoms with Gasteiger partial charge in [0.1, 0.15) is 0 Å². The fraction of sp³-hybridized carbons (Fsp3) is 0.303. The molecule has 2 heterocycles. The Labute approximate surface area is 230 Å². The van der Waals surface area contributed by atoms with Gasteiger partial charge in [0.2, 0.25) is 0 Å². The maximum absolute atomic E-state index is 13.3. The number of aromatic nitrogens is 2. The number of piperazine rings is 1. The number of hydrogen-bond donors (Lipinski definition) is 1. The van der Waals surface area contributed by atoms with E-state index in [2.05, 4.69) is 56.3 Å². The second-order valence-corrected chi connectivity index (χ2v) is 10.8. The van der Waals surface area contributed by atoms with Gasteiger partial charge < -0.3 is 10.2 Å². The molecule has 1 amide bonds. The van der Waals surface area contributed by atoms with Crippen LogP contribution in [-0.2, 0) is 6.54 Å². The minimum Gasteiger partial charge on any atom is -0.322 e. The summed E-state index contributed by atoms with van der Waals surface area (Å²) in [6.45, 7) is 7.43. The van der Waals surface area contributed by atoms with Gasteiger partial charge in [-0.25, -0.2) is 0 Å². The van der Waals surface area contributed by atoms with Crippen molar-refractivity contribution in [2.75, 3.05) is 38.5 Å². The van der Waals surface area contributed by atoms with Crippen LogP contribution in [-0.4, -0.2) is 59.1 Å². The minimum absolute atomic E-state index is 0.123. The highest BCUT2D eigenvalue weighted by Gasteiger charge is 2.27. The summed E-state index contributed by atoms with van der Waals surface area (Å²) in [5.74, 6) is 6.99. The molecule has 39 heavy (non-hydrogen) atoms.